The summed E-state index contributed by atoms with van der Waals surface area (Å²) in [6.07, 6.45) is 1.56. The van der Waals surface area contributed by atoms with E-state index in [1.54, 1.807) is 44.7 Å². The molecule has 0 saturated carbocycles. The summed E-state index contributed by atoms with van der Waals surface area (Å²) in [6.45, 7) is 0. The van der Waals surface area contributed by atoms with Crippen molar-refractivity contribution in [1.82, 2.24) is 0 Å². The van der Waals surface area contributed by atoms with Gasteiger partial charge in [0.1, 0.15) is 17.2 Å². The van der Waals surface area contributed by atoms with E-state index in [0.29, 0.717) is 22.6 Å². The van der Waals surface area contributed by atoms with Crippen molar-refractivity contribution in [2.24, 2.45) is 10.2 Å². The van der Waals surface area contributed by atoms with Gasteiger partial charge in [0.2, 0.25) is 5.78 Å². The summed E-state index contributed by atoms with van der Waals surface area (Å²) in [6, 6.07) is 23.7. The van der Waals surface area contributed by atoms with Crippen LogP contribution in [-0.4, -0.2) is 31.9 Å². The molecule has 0 spiro atoms. The third-order valence-corrected chi connectivity index (χ3v) is 4.09. The van der Waals surface area contributed by atoms with Gasteiger partial charge in [0.25, 0.3) is 0 Å². The van der Waals surface area contributed by atoms with Gasteiger partial charge in [0.05, 0.1) is 20.4 Å². The van der Waals surface area contributed by atoms with Crippen LogP contribution in [0.2, 0.25) is 0 Å². The average Bonchev–Trinajstić information content (AvgIpc) is 2.77. The van der Waals surface area contributed by atoms with Crippen LogP contribution in [-0.2, 0) is 0 Å². The molecule has 3 aromatic rings. The Morgan fingerprint density at radius 1 is 0.821 bits per heavy atom. The highest BCUT2D eigenvalue weighted by atomic mass is 16.5. The van der Waals surface area contributed by atoms with Crippen LogP contribution in [0.4, 0.5) is 0 Å². The highest BCUT2D eigenvalue weighted by Gasteiger charge is 2.16. The molecule has 0 bridgehead atoms. The van der Waals surface area contributed by atoms with E-state index in [-0.39, 0.29) is 11.5 Å². The predicted octanol–water partition coefficient (Wildman–Crippen LogP) is 4.41. The Balaban J connectivity index is 1.96. The van der Waals surface area contributed by atoms with Crippen LogP contribution in [0.25, 0.3) is 0 Å². The second-order valence-corrected chi connectivity index (χ2v) is 5.86. The number of carbonyl (C=O) groups is 1. The Kier molecular flexibility index (Phi) is 6.31. The molecule has 0 fully saturated rings. The minimum atomic E-state index is -0.189. The molecule has 0 amide bonds. The van der Waals surface area contributed by atoms with Crippen LogP contribution in [0.15, 0.2) is 89.1 Å². The van der Waals surface area contributed by atoms with Crippen LogP contribution < -0.4 is 9.47 Å². The topological polar surface area (TPSA) is 60.2 Å². The number of hydrogen-bond donors (Lipinski definition) is 0. The van der Waals surface area contributed by atoms with Crippen LogP contribution in [0.3, 0.4) is 0 Å². The molecular formula is C23H20N2O3. The maximum atomic E-state index is 12.9. The molecular weight excluding hydrogens is 352 g/mol. The molecule has 140 valence electrons. The second-order valence-electron chi connectivity index (χ2n) is 5.86. The highest BCUT2D eigenvalue weighted by molar-refractivity contribution is 6.51. The largest absolute Gasteiger partial charge is 0.497 e. The van der Waals surface area contributed by atoms with Gasteiger partial charge in [-0.05, 0) is 12.1 Å². The summed E-state index contributed by atoms with van der Waals surface area (Å²) in [4.78, 5) is 12.9. The zero-order valence-electron chi connectivity index (χ0n) is 15.7. The van der Waals surface area contributed by atoms with Gasteiger partial charge in [-0.2, -0.15) is 5.10 Å². The lowest BCUT2D eigenvalue weighted by molar-refractivity contribution is 0.106. The first-order chi connectivity index (χ1) is 13.7. The number of nitrogens with zero attached hydrogens (tertiary/aromatic N) is 2. The Morgan fingerprint density at radius 2 is 1.46 bits per heavy atom. The summed E-state index contributed by atoms with van der Waals surface area (Å²) in [5.74, 6) is 1.10. The highest BCUT2D eigenvalue weighted by Crippen LogP contribution is 2.23. The lowest BCUT2D eigenvalue weighted by atomic mass is 10.0. The van der Waals surface area contributed by atoms with Crippen molar-refractivity contribution in [1.29, 1.82) is 0 Å². The van der Waals surface area contributed by atoms with Gasteiger partial charge in [-0.15, -0.1) is 5.10 Å². The third-order valence-electron chi connectivity index (χ3n) is 4.09. The van der Waals surface area contributed by atoms with Crippen molar-refractivity contribution in [3.8, 4) is 11.5 Å². The molecule has 28 heavy (non-hydrogen) atoms. The molecule has 0 aliphatic carbocycles. The second kappa shape index (κ2) is 9.28. The molecule has 0 N–H and O–H groups in total. The monoisotopic (exact) mass is 372 g/mol. The Bertz CT molecular complexity index is 997. The Hall–Kier alpha value is -3.73. The predicted molar refractivity (Wildman–Crippen MR) is 111 cm³/mol. The summed E-state index contributed by atoms with van der Waals surface area (Å²) in [5.41, 5.74) is 2.26. The zero-order chi connectivity index (χ0) is 19.8. The van der Waals surface area contributed by atoms with Crippen molar-refractivity contribution in [3.05, 3.63) is 95.6 Å². The van der Waals surface area contributed by atoms with Crippen LogP contribution >= 0.6 is 0 Å². The van der Waals surface area contributed by atoms with E-state index < -0.39 is 0 Å². The van der Waals surface area contributed by atoms with E-state index in [9.17, 15) is 4.79 Å². The molecule has 3 rings (SSSR count). The fourth-order valence-electron chi connectivity index (χ4n) is 2.63. The van der Waals surface area contributed by atoms with Crippen LogP contribution in [0.1, 0.15) is 21.5 Å². The number of hydrogen-bond acceptors (Lipinski definition) is 5. The molecule has 5 heteroatoms. The molecule has 5 nitrogen and oxygen atoms in total. The summed E-state index contributed by atoms with van der Waals surface area (Å²) in [7, 11) is 3.16. The van der Waals surface area contributed by atoms with Gasteiger partial charge in [0, 0.05) is 22.8 Å². The number of rotatable bonds is 7. The Morgan fingerprint density at radius 3 is 2.07 bits per heavy atom. The van der Waals surface area contributed by atoms with Gasteiger partial charge in [-0.25, -0.2) is 0 Å². The number of Topliss-reactive ketones (excluding diaryl/α,β-unsaturated/α-hetero) is 1. The molecule has 0 heterocycles. The zero-order valence-corrected chi connectivity index (χ0v) is 15.7. The van der Waals surface area contributed by atoms with Crippen molar-refractivity contribution in [3.63, 3.8) is 0 Å². The summed E-state index contributed by atoms with van der Waals surface area (Å²) >= 11 is 0. The molecule has 3 aromatic carbocycles. The number of ether oxygens (including phenoxy) is 2. The van der Waals surface area contributed by atoms with E-state index in [4.69, 9.17) is 9.47 Å². The first-order valence-electron chi connectivity index (χ1n) is 8.71. The first-order valence-corrected chi connectivity index (χ1v) is 8.71. The van der Waals surface area contributed by atoms with Gasteiger partial charge in [-0.1, -0.05) is 60.7 Å². The lowest BCUT2D eigenvalue weighted by Gasteiger charge is -2.07. The van der Waals surface area contributed by atoms with Crippen molar-refractivity contribution >= 4 is 17.7 Å². The number of carbonyl (C=O) groups excluding carboxylic acids is 1. The van der Waals surface area contributed by atoms with E-state index in [1.165, 1.54) is 0 Å². The van der Waals surface area contributed by atoms with E-state index in [1.807, 2.05) is 54.6 Å². The van der Waals surface area contributed by atoms with Crippen LogP contribution in [0, 0.1) is 0 Å². The van der Waals surface area contributed by atoms with E-state index >= 15 is 0 Å². The summed E-state index contributed by atoms with van der Waals surface area (Å²) in [5, 5.41) is 8.38. The van der Waals surface area contributed by atoms with Crippen molar-refractivity contribution < 1.29 is 14.3 Å². The smallest absolute Gasteiger partial charge is 0.213 e. The maximum Gasteiger partial charge on any atom is 0.213 e. The van der Waals surface area contributed by atoms with E-state index in [0.717, 1.165) is 5.56 Å². The minimum absolute atomic E-state index is 0.189. The number of methoxy groups -OCH3 is 2. The normalized spacial score (nSPS) is 11.4. The molecule has 0 radical (unpaired) electrons. The fraction of sp³-hybridized carbons (Fsp3) is 0.0870. The third kappa shape index (κ3) is 4.51. The first kappa shape index (κ1) is 19.0. The number of ketones is 1. The molecule has 0 aliphatic heterocycles. The van der Waals surface area contributed by atoms with E-state index in [2.05, 4.69) is 10.2 Å². The van der Waals surface area contributed by atoms with Gasteiger partial charge in [-0.3, -0.25) is 4.79 Å². The average molecular weight is 372 g/mol. The van der Waals surface area contributed by atoms with Gasteiger partial charge in [0.15, 0.2) is 0 Å². The maximum absolute atomic E-state index is 12.9. The quantitative estimate of drug-likeness (QED) is 0.351. The molecule has 0 aliphatic rings. The standard InChI is InChI=1S/C23H20N2O3/c1-27-20-14-13-19(21(15-20)28-2)16-24-25-22(17-9-5-3-6-10-17)23(26)18-11-7-4-8-12-18/h3-16H,1-2H3/b24-16+,25-22+. The fourth-order valence-corrected chi connectivity index (χ4v) is 2.63. The molecule has 0 saturated heterocycles. The van der Waals surface area contributed by atoms with Crippen molar-refractivity contribution in [2.45, 2.75) is 0 Å². The summed E-state index contributed by atoms with van der Waals surface area (Å²) < 4.78 is 10.6. The molecule has 0 aromatic heterocycles. The number of benzene rings is 3. The SMILES string of the molecule is COc1ccc(/C=N/N=C(/C(=O)c2ccccc2)c2ccccc2)c(OC)c1. The lowest BCUT2D eigenvalue weighted by Crippen LogP contribution is -2.15. The van der Waals surface area contributed by atoms with Gasteiger partial charge < -0.3 is 9.47 Å². The Labute approximate surface area is 164 Å². The molecule has 0 atom stereocenters. The van der Waals surface area contributed by atoms with Gasteiger partial charge >= 0.3 is 0 Å². The molecule has 0 unspecified atom stereocenters. The van der Waals surface area contributed by atoms with Crippen molar-refractivity contribution in [2.75, 3.05) is 14.2 Å². The van der Waals surface area contributed by atoms with Crippen LogP contribution in [0.5, 0.6) is 11.5 Å². The minimum Gasteiger partial charge on any atom is -0.497 e.